The van der Waals surface area contributed by atoms with Crippen LogP contribution < -0.4 is 14.9 Å². The summed E-state index contributed by atoms with van der Waals surface area (Å²) >= 11 is 0. The van der Waals surface area contributed by atoms with Gasteiger partial charge in [-0.05, 0) is 56.2 Å². The number of amides is 2. The van der Waals surface area contributed by atoms with E-state index in [4.69, 9.17) is 0 Å². The van der Waals surface area contributed by atoms with Crippen LogP contribution in [0.1, 0.15) is 18.1 Å². The first-order valence-electron chi connectivity index (χ1n) is 8.18. The molecule has 2 N–H and O–H groups in total. The van der Waals surface area contributed by atoms with Crippen molar-refractivity contribution in [2.45, 2.75) is 25.2 Å². The predicted molar refractivity (Wildman–Crippen MR) is 98.6 cm³/mol. The number of benzene rings is 2. The Balaban J connectivity index is 1.84. The highest BCUT2D eigenvalue weighted by Crippen LogP contribution is 2.30. The Hall–Kier alpha value is -2.54. The van der Waals surface area contributed by atoms with Gasteiger partial charge in [0, 0.05) is 24.5 Å². The topological polar surface area (TPSA) is 78.5 Å². The largest absolute Gasteiger partial charge is 0.338 e. The van der Waals surface area contributed by atoms with E-state index in [1.165, 1.54) is 6.07 Å². The molecular formula is C18H21N3O3S. The standard InChI is InChI=1S/C18H21N3O3S/c1-3-19-18(22)21-11-10-14-12-16(8-9-17(14)21)25(23,24)20-15-6-4-13(2)5-7-15/h4-9,12,20H,3,10-11H2,1-2H3,(H,19,22). The molecule has 2 aromatic rings. The van der Waals surface area contributed by atoms with E-state index in [1.54, 1.807) is 29.2 Å². The van der Waals surface area contributed by atoms with Gasteiger partial charge in [0.25, 0.3) is 10.0 Å². The van der Waals surface area contributed by atoms with Crippen molar-refractivity contribution in [3.05, 3.63) is 53.6 Å². The van der Waals surface area contributed by atoms with Gasteiger partial charge in [-0.3, -0.25) is 9.62 Å². The maximum atomic E-state index is 12.6. The summed E-state index contributed by atoms with van der Waals surface area (Å²) in [5, 5.41) is 2.77. The van der Waals surface area contributed by atoms with Crippen LogP contribution in [0.3, 0.4) is 0 Å². The summed E-state index contributed by atoms with van der Waals surface area (Å²) in [6, 6.07) is 11.9. The first-order chi connectivity index (χ1) is 11.9. The van der Waals surface area contributed by atoms with Crippen LogP contribution in [0.25, 0.3) is 0 Å². The number of fused-ring (bicyclic) bond motifs is 1. The van der Waals surface area contributed by atoms with Crippen molar-refractivity contribution >= 4 is 27.4 Å². The zero-order valence-corrected chi connectivity index (χ0v) is 15.1. The highest BCUT2D eigenvalue weighted by molar-refractivity contribution is 7.92. The molecule has 0 fully saturated rings. The summed E-state index contributed by atoms with van der Waals surface area (Å²) in [7, 11) is -3.66. The third-order valence-corrected chi connectivity index (χ3v) is 5.51. The van der Waals surface area contributed by atoms with Crippen LogP contribution in [0.15, 0.2) is 47.4 Å². The number of nitrogens with zero attached hydrogens (tertiary/aromatic N) is 1. The number of aryl methyl sites for hydroxylation is 1. The molecule has 3 rings (SSSR count). The number of rotatable bonds is 4. The lowest BCUT2D eigenvalue weighted by Crippen LogP contribution is -2.38. The van der Waals surface area contributed by atoms with Crippen LogP contribution in [-0.2, 0) is 16.4 Å². The molecule has 7 heteroatoms. The molecule has 0 aromatic heterocycles. The Morgan fingerprint density at radius 2 is 1.88 bits per heavy atom. The summed E-state index contributed by atoms with van der Waals surface area (Å²) < 4.78 is 27.8. The summed E-state index contributed by atoms with van der Waals surface area (Å²) in [5.41, 5.74) is 3.21. The molecule has 1 heterocycles. The van der Waals surface area contributed by atoms with Crippen molar-refractivity contribution in [3.8, 4) is 0 Å². The number of sulfonamides is 1. The first-order valence-corrected chi connectivity index (χ1v) is 9.67. The summed E-state index contributed by atoms with van der Waals surface area (Å²) in [6.45, 7) is 4.91. The van der Waals surface area contributed by atoms with Crippen LogP contribution in [0.5, 0.6) is 0 Å². The Labute approximate surface area is 147 Å². The van der Waals surface area contributed by atoms with Gasteiger partial charge in [0.15, 0.2) is 0 Å². The maximum Gasteiger partial charge on any atom is 0.321 e. The number of carbonyl (C=O) groups is 1. The molecule has 2 amide bonds. The molecule has 0 spiro atoms. The monoisotopic (exact) mass is 359 g/mol. The van der Waals surface area contributed by atoms with Crippen molar-refractivity contribution in [2.75, 3.05) is 22.7 Å². The minimum atomic E-state index is -3.66. The molecule has 6 nitrogen and oxygen atoms in total. The van der Waals surface area contributed by atoms with Crippen molar-refractivity contribution in [1.29, 1.82) is 0 Å². The molecule has 0 atom stereocenters. The predicted octanol–water partition coefficient (Wildman–Crippen LogP) is 2.89. The Morgan fingerprint density at radius 1 is 1.16 bits per heavy atom. The summed E-state index contributed by atoms with van der Waals surface area (Å²) in [5.74, 6) is 0. The van der Waals surface area contributed by atoms with Crippen molar-refractivity contribution in [1.82, 2.24) is 5.32 Å². The van der Waals surface area contributed by atoms with Gasteiger partial charge in [0.2, 0.25) is 0 Å². The molecule has 0 bridgehead atoms. The number of hydrogen-bond donors (Lipinski definition) is 2. The average Bonchev–Trinajstić information content (AvgIpc) is 3.00. The first kappa shape index (κ1) is 17.3. The second-order valence-corrected chi connectivity index (χ2v) is 7.68. The lowest BCUT2D eigenvalue weighted by atomic mass is 10.2. The van der Waals surface area contributed by atoms with E-state index in [0.29, 0.717) is 25.2 Å². The van der Waals surface area contributed by atoms with Gasteiger partial charge in [-0.15, -0.1) is 0 Å². The quantitative estimate of drug-likeness (QED) is 0.881. The van der Waals surface area contributed by atoms with E-state index in [-0.39, 0.29) is 10.9 Å². The SMILES string of the molecule is CCNC(=O)N1CCc2cc(S(=O)(=O)Nc3ccc(C)cc3)ccc21. The zero-order valence-electron chi connectivity index (χ0n) is 14.2. The van der Waals surface area contributed by atoms with Crippen molar-refractivity contribution < 1.29 is 13.2 Å². The molecule has 0 unspecified atom stereocenters. The molecule has 1 aliphatic rings. The lowest BCUT2D eigenvalue weighted by molar-refractivity contribution is 0.247. The molecule has 0 radical (unpaired) electrons. The minimum Gasteiger partial charge on any atom is -0.338 e. The molecule has 132 valence electrons. The van der Waals surface area contributed by atoms with Gasteiger partial charge in [0.1, 0.15) is 0 Å². The molecule has 2 aromatic carbocycles. The van der Waals surface area contributed by atoms with Gasteiger partial charge in [-0.1, -0.05) is 17.7 Å². The number of hydrogen-bond acceptors (Lipinski definition) is 3. The second-order valence-electron chi connectivity index (χ2n) is 6.00. The highest BCUT2D eigenvalue weighted by Gasteiger charge is 2.26. The Bertz CT molecular complexity index is 892. The van der Waals surface area contributed by atoms with Crippen LogP contribution in [0.2, 0.25) is 0 Å². The van der Waals surface area contributed by atoms with E-state index in [9.17, 15) is 13.2 Å². The van der Waals surface area contributed by atoms with E-state index in [0.717, 1.165) is 16.8 Å². The fourth-order valence-electron chi connectivity index (χ4n) is 2.84. The molecule has 25 heavy (non-hydrogen) atoms. The van der Waals surface area contributed by atoms with Gasteiger partial charge in [-0.25, -0.2) is 13.2 Å². The third-order valence-electron chi connectivity index (χ3n) is 4.13. The fourth-order valence-corrected chi connectivity index (χ4v) is 3.95. The number of carbonyl (C=O) groups excluding carboxylic acids is 1. The van der Waals surface area contributed by atoms with E-state index >= 15 is 0 Å². The maximum absolute atomic E-state index is 12.6. The molecule has 1 aliphatic heterocycles. The molecule has 0 saturated heterocycles. The smallest absolute Gasteiger partial charge is 0.321 e. The Morgan fingerprint density at radius 3 is 2.56 bits per heavy atom. The van der Waals surface area contributed by atoms with Crippen LogP contribution in [-0.4, -0.2) is 27.5 Å². The van der Waals surface area contributed by atoms with Crippen LogP contribution in [0.4, 0.5) is 16.2 Å². The molecule has 0 saturated carbocycles. The average molecular weight is 359 g/mol. The normalized spacial score (nSPS) is 13.4. The van der Waals surface area contributed by atoms with Crippen molar-refractivity contribution in [3.63, 3.8) is 0 Å². The summed E-state index contributed by atoms with van der Waals surface area (Å²) in [6.07, 6.45) is 0.639. The third kappa shape index (κ3) is 3.61. The van der Waals surface area contributed by atoms with Gasteiger partial charge < -0.3 is 5.32 Å². The van der Waals surface area contributed by atoms with E-state index in [1.807, 2.05) is 26.0 Å². The zero-order chi connectivity index (χ0) is 18.0. The molecular weight excluding hydrogens is 338 g/mol. The number of urea groups is 1. The van der Waals surface area contributed by atoms with E-state index in [2.05, 4.69) is 10.0 Å². The van der Waals surface area contributed by atoms with Gasteiger partial charge in [0.05, 0.1) is 4.90 Å². The summed E-state index contributed by atoms with van der Waals surface area (Å²) in [4.78, 5) is 13.9. The highest BCUT2D eigenvalue weighted by atomic mass is 32.2. The Kier molecular flexibility index (Phi) is 4.67. The second kappa shape index (κ2) is 6.76. The van der Waals surface area contributed by atoms with Crippen molar-refractivity contribution in [2.24, 2.45) is 0 Å². The van der Waals surface area contributed by atoms with Crippen LogP contribution >= 0.6 is 0 Å². The fraction of sp³-hybridized carbons (Fsp3) is 0.278. The molecule has 0 aliphatic carbocycles. The van der Waals surface area contributed by atoms with Crippen LogP contribution in [0, 0.1) is 6.92 Å². The minimum absolute atomic E-state index is 0.158. The number of nitrogens with one attached hydrogen (secondary N) is 2. The number of anilines is 2. The van der Waals surface area contributed by atoms with E-state index < -0.39 is 10.0 Å². The van der Waals surface area contributed by atoms with Gasteiger partial charge >= 0.3 is 6.03 Å². The van der Waals surface area contributed by atoms with Gasteiger partial charge in [-0.2, -0.15) is 0 Å². The lowest BCUT2D eigenvalue weighted by Gasteiger charge is -2.17.